The lowest BCUT2D eigenvalue weighted by Gasteiger charge is -2.33. The van der Waals surface area contributed by atoms with Gasteiger partial charge < -0.3 is 14.8 Å². The van der Waals surface area contributed by atoms with Gasteiger partial charge in [0, 0.05) is 32.0 Å². The lowest BCUT2D eigenvalue weighted by Crippen LogP contribution is -2.47. The Morgan fingerprint density at radius 1 is 1.23 bits per heavy atom. The fourth-order valence-corrected chi connectivity index (χ4v) is 4.18. The second kappa shape index (κ2) is 8.95. The largest absolute Gasteiger partial charge is 0.356 e. The third-order valence-electron chi connectivity index (χ3n) is 5.87. The van der Waals surface area contributed by atoms with Crippen LogP contribution in [0.1, 0.15) is 45.9 Å². The van der Waals surface area contributed by atoms with Gasteiger partial charge in [-0.2, -0.15) is 0 Å². The van der Waals surface area contributed by atoms with Gasteiger partial charge in [-0.3, -0.25) is 4.79 Å². The molecule has 1 saturated heterocycles. The molecule has 2 atom stereocenters. The van der Waals surface area contributed by atoms with Crippen LogP contribution in [-0.2, 0) is 11.3 Å². The summed E-state index contributed by atoms with van der Waals surface area (Å²) in [5.74, 6) is 2.70. The lowest BCUT2D eigenvalue weighted by molar-refractivity contribution is -0.133. The number of rotatable bonds is 6. The van der Waals surface area contributed by atoms with Gasteiger partial charge in [-0.05, 0) is 39.0 Å². The Morgan fingerprint density at radius 3 is 2.68 bits per heavy atom. The van der Waals surface area contributed by atoms with Crippen LogP contribution in [0.2, 0.25) is 0 Å². The molecule has 0 spiro atoms. The van der Waals surface area contributed by atoms with Gasteiger partial charge in [-0.15, -0.1) is 0 Å². The molecule has 1 N–H and O–H groups in total. The number of aryl methyl sites for hydroxylation is 2. The van der Waals surface area contributed by atoms with Crippen molar-refractivity contribution in [2.45, 2.75) is 59.5 Å². The predicted octanol–water partition coefficient (Wildman–Crippen LogP) is 3.06. The van der Waals surface area contributed by atoms with Crippen LogP contribution in [0.5, 0.6) is 0 Å². The van der Waals surface area contributed by atoms with Crippen LogP contribution in [0.4, 0.5) is 5.82 Å². The fraction of sp³-hybridized carbons (Fsp3) is 0.545. The number of imidazole rings is 1. The molecule has 0 aromatic carbocycles. The number of piperidine rings is 1. The average molecular weight is 423 g/mol. The van der Waals surface area contributed by atoms with Crippen molar-refractivity contribution < 1.29 is 4.79 Å². The summed E-state index contributed by atoms with van der Waals surface area (Å²) >= 11 is 0. The van der Waals surface area contributed by atoms with Crippen molar-refractivity contribution >= 4 is 22.9 Å². The van der Waals surface area contributed by atoms with E-state index in [1.165, 1.54) is 12.7 Å². The Kier molecular flexibility index (Phi) is 6.11. The van der Waals surface area contributed by atoms with E-state index in [1.807, 2.05) is 30.2 Å². The highest BCUT2D eigenvalue weighted by molar-refractivity contribution is 5.90. The van der Waals surface area contributed by atoms with E-state index >= 15 is 0 Å². The van der Waals surface area contributed by atoms with E-state index in [9.17, 15) is 4.79 Å². The number of likely N-dealkylation sites (tertiary alicyclic amines) is 1. The molecule has 1 aliphatic rings. The molecule has 4 heterocycles. The molecule has 9 nitrogen and oxygen atoms in total. The Balaban J connectivity index is 1.67. The molecule has 1 aliphatic heterocycles. The van der Waals surface area contributed by atoms with Gasteiger partial charge in [0.1, 0.15) is 24.0 Å². The maximum Gasteiger partial charge on any atom is 0.245 e. The van der Waals surface area contributed by atoms with Gasteiger partial charge in [-0.25, -0.2) is 24.9 Å². The number of hydrogen-bond acceptors (Lipinski definition) is 7. The molecule has 4 rings (SSSR count). The maximum atomic E-state index is 13.2. The number of hydrogen-bond donors (Lipinski definition) is 1. The monoisotopic (exact) mass is 422 g/mol. The van der Waals surface area contributed by atoms with Crippen molar-refractivity contribution in [3.05, 3.63) is 24.5 Å². The Morgan fingerprint density at radius 2 is 2.00 bits per heavy atom. The molecule has 0 bridgehead atoms. The number of amides is 1. The minimum atomic E-state index is -0.346. The first-order valence-corrected chi connectivity index (χ1v) is 11.1. The highest BCUT2D eigenvalue weighted by Gasteiger charge is 2.28. The molecule has 1 amide bonds. The minimum Gasteiger partial charge on any atom is -0.356 e. The van der Waals surface area contributed by atoms with Crippen molar-refractivity contribution in [2.24, 2.45) is 5.92 Å². The minimum absolute atomic E-state index is 0.128. The summed E-state index contributed by atoms with van der Waals surface area (Å²) in [6.45, 7) is 10.4. The Labute approximate surface area is 182 Å². The molecular formula is C22H30N8O. The molecule has 31 heavy (non-hydrogen) atoms. The smallest absolute Gasteiger partial charge is 0.245 e. The number of aromatic nitrogens is 6. The first kappa shape index (κ1) is 21.1. The van der Waals surface area contributed by atoms with Crippen LogP contribution in [0.15, 0.2) is 18.7 Å². The highest BCUT2D eigenvalue weighted by Crippen LogP contribution is 2.27. The zero-order chi connectivity index (χ0) is 22.0. The molecule has 3 aromatic rings. The molecule has 0 saturated carbocycles. The third-order valence-corrected chi connectivity index (χ3v) is 5.87. The third kappa shape index (κ3) is 4.22. The molecule has 9 heteroatoms. The SMILES string of the molecule is CC[C@H](Nc1ncnc2c1nc(-c1cnc(C)nc1)n2CC)C(=O)N1CCC[C@H](C)C1. The van der Waals surface area contributed by atoms with Crippen molar-refractivity contribution in [1.29, 1.82) is 0 Å². The molecule has 1 fully saturated rings. The number of fused-ring (bicyclic) bond motifs is 1. The quantitative estimate of drug-likeness (QED) is 0.651. The van der Waals surface area contributed by atoms with Gasteiger partial charge in [0.05, 0.1) is 5.56 Å². The standard InChI is InChI=1S/C22H30N8O/c1-5-17(22(31)29-9-7-8-14(3)12-29)27-19-18-21(26-13-25-19)30(6-2)20(28-18)16-10-23-15(4)24-11-16/h10-11,13-14,17H,5-9,12H2,1-4H3,(H,25,26,27)/t14-,17-/m0/s1. The van der Waals surface area contributed by atoms with E-state index in [-0.39, 0.29) is 11.9 Å². The van der Waals surface area contributed by atoms with Crippen LogP contribution < -0.4 is 5.32 Å². The number of nitrogens with zero attached hydrogens (tertiary/aromatic N) is 7. The second-order valence-corrected chi connectivity index (χ2v) is 8.23. The summed E-state index contributed by atoms with van der Waals surface area (Å²) in [5, 5.41) is 3.36. The summed E-state index contributed by atoms with van der Waals surface area (Å²) in [6.07, 6.45) is 7.97. The summed E-state index contributed by atoms with van der Waals surface area (Å²) in [6, 6.07) is -0.346. The van der Waals surface area contributed by atoms with E-state index in [4.69, 9.17) is 4.98 Å². The number of carbonyl (C=O) groups excluding carboxylic acids is 1. The predicted molar refractivity (Wildman–Crippen MR) is 119 cm³/mol. The van der Waals surface area contributed by atoms with Crippen LogP contribution >= 0.6 is 0 Å². The first-order chi connectivity index (χ1) is 15.0. The maximum absolute atomic E-state index is 13.2. The van der Waals surface area contributed by atoms with Crippen LogP contribution in [0.25, 0.3) is 22.6 Å². The topological polar surface area (TPSA) is 102 Å². The van der Waals surface area contributed by atoms with Crippen LogP contribution in [0, 0.1) is 12.8 Å². The number of carbonyl (C=O) groups is 1. The summed E-state index contributed by atoms with van der Waals surface area (Å²) < 4.78 is 2.02. The van der Waals surface area contributed by atoms with E-state index in [1.54, 1.807) is 12.4 Å². The van der Waals surface area contributed by atoms with Gasteiger partial charge in [0.15, 0.2) is 17.0 Å². The van der Waals surface area contributed by atoms with Crippen molar-refractivity contribution in [2.75, 3.05) is 18.4 Å². The van der Waals surface area contributed by atoms with Gasteiger partial charge in [0.25, 0.3) is 0 Å². The molecule has 3 aromatic heterocycles. The second-order valence-electron chi connectivity index (χ2n) is 8.23. The zero-order valence-corrected chi connectivity index (χ0v) is 18.7. The van der Waals surface area contributed by atoms with Crippen LogP contribution in [-0.4, -0.2) is 59.4 Å². The summed E-state index contributed by atoms with van der Waals surface area (Å²) in [4.78, 5) is 37.5. The van der Waals surface area contributed by atoms with E-state index < -0.39 is 0 Å². The van der Waals surface area contributed by atoms with Gasteiger partial charge in [-0.1, -0.05) is 13.8 Å². The Hall–Kier alpha value is -3.10. The van der Waals surface area contributed by atoms with E-state index in [2.05, 4.69) is 32.2 Å². The molecule has 0 radical (unpaired) electrons. The van der Waals surface area contributed by atoms with Crippen molar-refractivity contribution in [1.82, 2.24) is 34.4 Å². The van der Waals surface area contributed by atoms with Gasteiger partial charge >= 0.3 is 0 Å². The molecule has 164 valence electrons. The molecule has 0 unspecified atom stereocenters. The zero-order valence-electron chi connectivity index (χ0n) is 18.7. The molecular weight excluding hydrogens is 392 g/mol. The summed E-state index contributed by atoms with van der Waals surface area (Å²) in [7, 11) is 0. The number of nitrogens with one attached hydrogen (secondary N) is 1. The normalized spacial score (nSPS) is 17.7. The van der Waals surface area contributed by atoms with Crippen molar-refractivity contribution in [3.63, 3.8) is 0 Å². The first-order valence-electron chi connectivity index (χ1n) is 11.1. The fourth-order valence-electron chi connectivity index (χ4n) is 4.18. The van der Waals surface area contributed by atoms with E-state index in [0.29, 0.717) is 36.0 Å². The van der Waals surface area contributed by atoms with Gasteiger partial charge in [0.2, 0.25) is 5.91 Å². The summed E-state index contributed by atoms with van der Waals surface area (Å²) in [5.41, 5.74) is 2.20. The van der Waals surface area contributed by atoms with Crippen LogP contribution in [0.3, 0.4) is 0 Å². The lowest BCUT2D eigenvalue weighted by atomic mass is 9.99. The highest BCUT2D eigenvalue weighted by atomic mass is 16.2. The number of anilines is 1. The molecule has 0 aliphatic carbocycles. The van der Waals surface area contributed by atoms with Crippen molar-refractivity contribution in [3.8, 4) is 11.4 Å². The Bertz CT molecular complexity index is 1060. The average Bonchev–Trinajstić information content (AvgIpc) is 3.17. The van der Waals surface area contributed by atoms with E-state index in [0.717, 1.165) is 36.5 Å².